The van der Waals surface area contributed by atoms with Crippen LogP contribution in [0.15, 0.2) is 82.6 Å². The van der Waals surface area contributed by atoms with Crippen LogP contribution in [-0.2, 0) is 11.3 Å². The average Bonchev–Trinajstić information content (AvgIpc) is 3.65. The summed E-state index contributed by atoms with van der Waals surface area (Å²) in [5.74, 6) is 2.35. The van der Waals surface area contributed by atoms with E-state index in [9.17, 15) is 4.79 Å². The van der Waals surface area contributed by atoms with Gasteiger partial charge in [0, 0.05) is 30.9 Å². The first-order chi connectivity index (χ1) is 17.2. The van der Waals surface area contributed by atoms with Gasteiger partial charge < -0.3 is 14.6 Å². The van der Waals surface area contributed by atoms with Gasteiger partial charge in [0.05, 0.1) is 18.6 Å². The van der Waals surface area contributed by atoms with Gasteiger partial charge in [0.2, 0.25) is 5.91 Å². The molecule has 0 radical (unpaired) electrons. The Morgan fingerprint density at radius 2 is 1.91 bits per heavy atom. The number of hydrogen-bond donors (Lipinski definition) is 1. The van der Waals surface area contributed by atoms with Gasteiger partial charge in [-0.1, -0.05) is 54.2 Å². The predicted octanol–water partition coefficient (Wildman–Crippen LogP) is 4.63. The average molecular weight is 488 g/mol. The summed E-state index contributed by atoms with van der Waals surface area (Å²) in [6, 6.07) is 22.4. The van der Waals surface area contributed by atoms with Crippen LogP contribution in [0, 0.1) is 12.8 Å². The number of carbonyl (C=O) groups is 1. The molecule has 2 aromatic carbocycles. The number of benzene rings is 2. The number of aryl methyl sites for hydroxylation is 1. The van der Waals surface area contributed by atoms with Gasteiger partial charge >= 0.3 is 0 Å². The molecule has 1 N–H and O–H groups in total. The number of rotatable bonds is 9. The number of hydrogen-bond acceptors (Lipinski definition) is 6. The second kappa shape index (κ2) is 10.8. The zero-order valence-electron chi connectivity index (χ0n) is 19.8. The lowest BCUT2D eigenvalue weighted by Gasteiger charge is -2.18. The van der Waals surface area contributed by atoms with E-state index in [2.05, 4.69) is 57.7 Å². The third-order valence-corrected chi connectivity index (χ3v) is 7.29. The summed E-state index contributed by atoms with van der Waals surface area (Å²) in [5, 5.41) is 12.7. The molecule has 1 aliphatic rings. The number of nitrogens with one attached hydrogen (secondary N) is 1. The number of amides is 1. The second-order valence-electron chi connectivity index (χ2n) is 8.82. The van der Waals surface area contributed by atoms with Crippen LogP contribution in [0.2, 0.25) is 0 Å². The molecule has 1 fully saturated rings. The van der Waals surface area contributed by atoms with E-state index in [1.54, 1.807) is 6.26 Å². The summed E-state index contributed by atoms with van der Waals surface area (Å²) in [5.41, 5.74) is 3.39. The highest BCUT2D eigenvalue weighted by atomic mass is 32.2. The van der Waals surface area contributed by atoms with Crippen molar-refractivity contribution in [3.8, 4) is 11.4 Å². The van der Waals surface area contributed by atoms with Crippen molar-refractivity contribution in [2.45, 2.75) is 25.0 Å². The van der Waals surface area contributed by atoms with Crippen LogP contribution in [0.3, 0.4) is 0 Å². The smallest absolute Gasteiger partial charge is 0.230 e. The molecule has 35 heavy (non-hydrogen) atoms. The maximum absolute atomic E-state index is 12.7. The molecule has 1 atom stereocenters. The quantitative estimate of drug-likeness (QED) is 0.347. The van der Waals surface area contributed by atoms with E-state index in [0.29, 0.717) is 29.9 Å². The third kappa shape index (κ3) is 5.59. The fraction of sp³-hybridized carbons (Fsp3) is 0.296. The predicted molar refractivity (Wildman–Crippen MR) is 139 cm³/mol. The van der Waals surface area contributed by atoms with Crippen molar-refractivity contribution >= 4 is 23.4 Å². The van der Waals surface area contributed by atoms with Crippen LogP contribution in [0.1, 0.15) is 17.7 Å². The molecule has 0 spiro atoms. The molecule has 180 valence electrons. The molecule has 1 amide bonds. The van der Waals surface area contributed by atoms with Crippen molar-refractivity contribution in [2.24, 2.45) is 5.92 Å². The third-order valence-electron chi connectivity index (χ3n) is 6.32. The fourth-order valence-electron chi connectivity index (χ4n) is 4.43. The van der Waals surface area contributed by atoms with Crippen LogP contribution < -0.4 is 10.2 Å². The molecule has 3 heterocycles. The Kier molecular flexibility index (Phi) is 7.18. The van der Waals surface area contributed by atoms with Crippen molar-refractivity contribution in [2.75, 3.05) is 30.3 Å². The van der Waals surface area contributed by atoms with Gasteiger partial charge in [0.25, 0.3) is 0 Å². The Morgan fingerprint density at radius 3 is 2.71 bits per heavy atom. The van der Waals surface area contributed by atoms with E-state index in [4.69, 9.17) is 4.42 Å². The van der Waals surface area contributed by atoms with Crippen molar-refractivity contribution in [1.82, 2.24) is 20.1 Å². The van der Waals surface area contributed by atoms with Gasteiger partial charge in [-0.05, 0) is 49.1 Å². The van der Waals surface area contributed by atoms with Gasteiger partial charge in [0.1, 0.15) is 5.76 Å². The molecule has 1 saturated heterocycles. The molecule has 8 heteroatoms. The first kappa shape index (κ1) is 23.2. The van der Waals surface area contributed by atoms with Crippen LogP contribution >= 0.6 is 11.8 Å². The summed E-state index contributed by atoms with van der Waals surface area (Å²) in [7, 11) is 0. The lowest BCUT2D eigenvalue weighted by Crippen LogP contribution is -2.32. The number of furan rings is 1. The Bertz CT molecular complexity index is 1260. The molecule has 0 saturated carbocycles. The largest absolute Gasteiger partial charge is 0.467 e. The van der Waals surface area contributed by atoms with E-state index in [0.717, 1.165) is 42.2 Å². The Morgan fingerprint density at radius 1 is 1.09 bits per heavy atom. The number of para-hydroxylation sites is 1. The molecule has 7 nitrogen and oxygen atoms in total. The van der Waals surface area contributed by atoms with Crippen molar-refractivity contribution in [3.63, 3.8) is 0 Å². The summed E-state index contributed by atoms with van der Waals surface area (Å²) in [6.45, 7) is 5.25. The van der Waals surface area contributed by atoms with Crippen molar-refractivity contribution in [3.05, 3.63) is 84.3 Å². The molecular formula is C27H29N5O2S. The minimum atomic E-state index is 0.0122. The molecule has 2 aromatic heterocycles. The van der Waals surface area contributed by atoms with Crippen molar-refractivity contribution < 1.29 is 9.21 Å². The van der Waals surface area contributed by atoms with Crippen LogP contribution in [0.5, 0.6) is 0 Å². The molecule has 0 aliphatic carbocycles. The highest BCUT2D eigenvalue weighted by molar-refractivity contribution is 7.99. The number of anilines is 1. The molecule has 0 bridgehead atoms. The number of thioether (sulfide) groups is 1. The van der Waals surface area contributed by atoms with E-state index >= 15 is 0 Å². The van der Waals surface area contributed by atoms with E-state index < -0.39 is 0 Å². The fourth-order valence-corrected chi connectivity index (χ4v) is 5.20. The van der Waals surface area contributed by atoms with E-state index in [-0.39, 0.29) is 5.91 Å². The summed E-state index contributed by atoms with van der Waals surface area (Å²) in [6.07, 6.45) is 2.74. The number of aromatic nitrogens is 3. The van der Waals surface area contributed by atoms with Crippen LogP contribution in [0.4, 0.5) is 5.69 Å². The topological polar surface area (TPSA) is 76.2 Å². The highest BCUT2D eigenvalue weighted by Crippen LogP contribution is 2.27. The number of carbonyl (C=O) groups excluding carboxylic acids is 1. The second-order valence-corrected chi connectivity index (χ2v) is 9.76. The Hall–Kier alpha value is -3.52. The minimum absolute atomic E-state index is 0.0122. The highest BCUT2D eigenvalue weighted by Gasteiger charge is 2.23. The van der Waals surface area contributed by atoms with E-state index in [1.807, 2.05) is 41.0 Å². The van der Waals surface area contributed by atoms with Gasteiger partial charge in [-0.25, -0.2) is 0 Å². The van der Waals surface area contributed by atoms with Gasteiger partial charge in [-0.3, -0.25) is 9.36 Å². The molecule has 4 aromatic rings. The lowest BCUT2D eigenvalue weighted by atomic mass is 10.1. The molecule has 1 unspecified atom stereocenters. The maximum Gasteiger partial charge on any atom is 0.230 e. The van der Waals surface area contributed by atoms with Gasteiger partial charge in [0.15, 0.2) is 11.0 Å². The monoisotopic (exact) mass is 487 g/mol. The van der Waals surface area contributed by atoms with Gasteiger partial charge in [-0.2, -0.15) is 0 Å². The summed E-state index contributed by atoms with van der Waals surface area (Å²) in [4.78, 5) is 15.0. The first-order valence-electron chi connectivity index (χ1n) is 11.9. The van der Waals surface area contributed by atoms with Gasteiger partial charge in [-0.15, -0.1) is 10.2 Å². The molecule has 5 rings (SSSR count). The zero-order chi connectivity index (χ0) is 24.0. The first-order valence-corrected chi connectivity index (χ1v) is 12.9. The molecular weight excluding hydrogens is 458 g/mol. The summed E-state index contributed by atoms with van der Waals surface area (Å²) < 4.78 is 7.60. The van der Waals surface area contributed by atoms with Crippen molar-refractivity contribution in [1.29, 1.82) is 0 Å². The van der Waals surface area contributed by atoms with Crippen LogP contribution in [-0.4, -0.2) is 46.1 Å². The minimum Gasteiger partial charge on any atom is -0.467 e. The normalized spacial score (nSPS) is 15.5. The summed E-state index contributed by atoms with van der Waals surface area (Å²) >= 11 is 1.40. The SMILES string of the molecule is Cc1ccccc1-c1nnc(SCC(=O)NCC2CCN(c3ccccc3)C2)n1Cc1ccco1. The Labute approximate surface area is 209 Å². The zero-order valence-corrected chi connectivity index (χ0v) is 20.6. The lowest BCUT2D eigenvalue weighted by molar-refractivity contribution is -0.118. The standard InChI is InChI=1S/C27H29N5O2S/c1-20-8-5-6-12-24(20)26-29-30-27(32(26)18-23-11-7-15-34-23)35-19-25(33)28-16-21-13-14-31(17-21)22-9-3-2-4-10-22/h2-12,15,21H,13-14,16-19H2,1H3,(H,28,33). The maximum atomic E-state index is 12.7. The molecule has 1 aliphatic heterocycles. The van der Waals surface area contributed by atoms with Crippen LogP contribution in [0.25, 0.3) is 11.4 Å². The Balaban J connectivity index is 1.20. The van der Waals surface area contributed by atoms with E-state index in [1.165, 1.54) is 17.4 Å². The number of nitrogens with zero attached hydrogens (tertiary/aromatic N) is 4.